The number of amides is 2. The van der Waals surface area contributed by atoms with Gasteiger partial charge in [0.2, 0.25) is 11.8 Å². The topological polar surface area (TPSA) is 101 Å². The van der Waals surface area contributed by atoms with Crippen LogP contribution in [0.15, 0.2) is 61.7 Å². The van der Waals surface area contributed by atoms with Gasteiger partial charge in [0.05, 0.1) is 13.2 Å². The first-order valence-electron chi connectivity index (χ1n) is 16.5. The summed E-state index contributed by atoms with van der Waals surface area (Å²) in [7, 11) is 0. The molecule has 0 aromatic heterocycles. The van der Waals surface area contributed by atoms with E-state index in [1.165, 1.54) is 26.2 Å². The Hall–Kier alpha value is -3.62. The molecule has 45 heavy (non-hydrogen) atoms. The SMILES string of the molecule is C=CCc1cc(NC(=O)CCC)ccc1OCCCNC(C)C.C=CCc1cc(NC(C)=O)ccc1OCCCNC1CCC1. The van der Waals surface area contributed by atoms with E-state index in [9.17, 15) is 9.59 Å². The number of ether oxygens (including phenoxy) is 2. The van der Waals surface area contributed by atoms with E-state index in [4.69, 9.17) is 9.47 Å². The summed E-state index contributed by atoms with van der Waals surface area (Å²) < 4.78 is 11.8. The second-order valence-corrected chi connectivity index (χ2v) is 11.7. The van der Waals surface area contributed by atoms with E-state index in [1.807, 2.05) is 55.5 Å². The number of carbonyl (C=O) groups excluding carboxylic acids is 2. The average molecular weight is 621 g/mol. The number of benzene rings is 2. The molecule has 2 aromatic rings. The van der Waals surface area contributed by atoms with E-state index in [2.05, 4.69) is 48.3 Å². The highest BCUT2D eigenvalue weighted by Gasteiger charge is 2.15. The quantitative estimate of drug-likeness (QED) is 0.0923. The van der Waals surface area contributed by atoms with E-state index < -0.39 is 0 Å². The third kappa shape index (κ3) is 15.8. The standard InChI is InChI=1S/C19H30N2O2.C18H26N2O2/c1-5-8-16-14-17(21-19(22)9-6-2)10-11-18(16)23-13-7-12-20-15(3)4;1-3-6-15-13-17(20-14(2)21)9-10-18(15)22-12-5-11-19-16-7-4-8-16/h5,10-11,14-15,20H,1,6-9,12-13H2,2-4H3,(H,21,22);3,9-10,13,16,19H,1,4-8,11-12H2,2H3,(H,20,21). The van der Waals surface area contributed by atoms with Crippen molar-refractivity contribution in [3.63, 3.8) is 0 Å². The second kappa shape index (κ2) is 22.0. The molecule has 8 heteroatoms. The molecule has 2 amide bonds. The van der Waals surface area contributed by atoms with Gasteiger partial charge in [0.25, 0.3) is 0 Å². The van der Waals surface area contributed by atoms with Crippen LogP contribution in [0.2, 0.25) is 0 Å². The smallest absolute Gasteiger partial charge is 0.224 e. The molecule has 1 aliphatic rings. The summed E-state index contributed by atoms with van der Waals surface area (Å²) in [4.78, 5) is 22.8. The van der Waals surface area contributed by atoms with Gasteiger partial charge in [0.1, 0.15) is 11.5 Å². The van der Waals surface area contributed by atoms with Crippen molar-refractivity contribution < 1.29 is 19.1 Å². The highest BCUT2D eigenvalue weighted by molar-refractivity contribution is 5.91. The average Bonchev–Trinajstić information content (AvgIpc) is 2.96. The zero-order chi connectivity index (χ0) is 32.9. The molecule has 4 N–H and O–H groups in total. The molecule has 0 radical (unpaired) electrons. The Bertz CT molecular complexity index is 1190. The van der Waals surface area contributed by atoms with Crippen molar-refractivity contribution in [2.24, 2.45) is 0 Å². The van der Waals surface area contributed by atoms with Crippen LogP contribution in [-0.4, -0.2) is 50.2 Å². The van der Waals surface area contributed by atoms with Crippen molar-refractivity contribution in [1.82, 2.24) is 10.6 Å². The summed E-state index contributed by atoms with van der Waals surface area (Å²) in [6, 6.07) is 12.8. The van der Waals surface area contributed by atoms with Gasteiger partial charge in [-0.2, -0.15) is 0 Å². The first-order valence-corrected chi connectivity index (χ1v) is 16.5. The number of rotatable bonds is 20. The molecule has 1 aliphatic carbocycles. The number of allylic oxidation sites excluding steroid dienone is 2. The maximum absolute atomic E-state index is 11.7. The third-order valence-electron chi connectivity index (χ3n) is 7.18. The zero-order valence-corrected chi connectivity index (χ0v) is 28.0. The fourth-order valence-electron chi connectivity index (χ4n) is 4.70. The lowest BCUT2D eigenvalue weighted by molar-refractivity contribution is -0.116. The molecule has 0 atom stereocenters. The summed E-state index contributed by atoms with van der Waals surface area (Å²) >= 11 is 0. The minimum absolute atomic E-state index is 0.0467. The monoisotopic (exact) mass is 620 g/mol. The molecule has 3 rings (SSSR count). The fourth-order valence-corrected chi connectivity index (χ4v) is 4.70. The third-order valence-corrected chi connectivity index (χ3v) is 7.18. The molecule has 0 aliphatic heterocycles. The van der Waals surface area contributed by atoms with E-state index in [-0.39, 0.29) is 11.8 Å². The van der Waals surface area contributed by atoms with Gasteiger partial charge in [-0.25, -0.2) is 0 Å². The molecular weight excluding hydrogens is 564 g/mol. The van der Waals surface area contributed by atoms with Crippen LogP contribution in [0.1, 0.15) is 83.8 Å². The largest absolute Gasteiger partial charge is 0.493 e. The molecule has 0 bridgehead atoms. The molecule has 8 nitrogen and oxygen atoms in total. The Morgan fingerprint density at radius 1 is 0.889 bits per heavy atom. The summed E-state index contributed by atoms with van der Waals surface area (Å²) in [6.07, 6.45) is 12.5. The summed E-state index contributed by atoms with van der Waals surface area (Å²) in [5.74, 6) is 1.71. The van der Waals surface area contributed by atoms with Crippen LogP contribution in [0.5, 0.6) is 11.5 Å². The Balaban J connectivity index is 0.000000314. The van der Waals surface area contributed by atoms with Gasteiger partial charge in [-0.05, 0) is 106 Å². The van der Waals surface area contributed by atoms with E-state index in [0.29, 0.717) is 25.7 Å². The van der Waals surface area contributed by atoms with E-state index >= 15 is 0 Å². The van der Waals surface area contributed by atoms with Crippen molar-refractivity contribution in [3.05, 3.63) is 72.8 Å². The van der Waals surface area contributed by atoms with Crippen LogP contribution in [0, 0.1) is 0 Å². The predicted molar refractivity (Wildman–Crippen MR) is 188 cm³/mol. The van der Waals surface area contributed by atoms with Crippen LogP contribution in [0.25, 0.3) is 0 Å². The lowest BCUT2D eigenvalue weighted by Crippen LogP contribution is -2.36. The van der Waals surface area contributed by atoms with E-state index in [0.717, 1.165) is 85.2 Å². The Kier molecular flexibility index (Phi) is 18.3. The van der Waals surface area contributed by atoms with Crippen molar-refractivity contribution in [2.45, 2.75) is 97.6 Å². The number of anilines is 2. The van der Waals surface area contributed by atoms with Crippen LogP contribution in [0.4, 0.5) is 11.4 Å². The second-order valence-electron chi connectivity index (χ2n) is 11.7. The van der Waals surface area contributed by atoms with E-state index in [1.54, 1.807) is 0 Å². The van der Waals surface area contributed by atoms with Crippen LogP contribution < -0.4 is 30.7 Å². The highest BCUT2D eigenvalue weighted by atomic mass is 16.5. The van der Waals surface area contributed by atoms with Gasteiger partial charge in [-0.1, -0.05) is 39.3 Å². The van der Waals surface area contributed by atoms with Crippen molar-refractivity contribution in [3.8, 4) is 11.5 Å². The Morgan fingerprint density at radius 3 is 1.91 bits per heavy atom. The van der Waals surface area contributed by atoms with Crippen LogP contribution in [-0.2, 0) is 22.4 Å². The molecule has 0 saturated heterocycles. The van der Waals surface area contributed by atoms with Gasteiger partial charge in [0, 0.05) is 36.8 Å². The van der Waals surface area contributed by atoms with Crippen LogP contribution >= 0.6 is 0 Å². The van der Waals surface area contributed by atoms with Gasteiger partial charge < -0.3 is 30.7 Å². The zero-order valence-electron chi connectivity index (χ0n) is 28.0. The predicted octanol–water partition coefficient (Wildman–Crippen LogP) is 7.21. The minimum atomic E-state index is -0.0692. The van der Waals surface area contributed by atoms with Crippen molar-refractivity contribution in [1.29, 1.82) is 0 Å². The van der Waals surface area contributed by atoms with Crippen LogP contribution in [0.3, 0.4) is 0 Å². The first kappa shape index (κ1) is 37.6. The molecule has 0 spiro atoms. The number of hydrogen-bond donors (Lipinski definition) is 4. The molecule has 2 aromatic carbocycles. The Labute approximate surface area is 271 Å². The first-order chi connectivity index (χ1) is 21.7. The van der Waals surface area contributed by atoms with Gasteiger partial charge in [-0.15, -0.1) is 13.2 Å². The van der Waals surface area contributed by atoms with Gasteiger partial charge >= 0.3 is 0 Å². The van der Waals surface area contributed by atoms with Crippen molar-refractivity contribution in [2.75, 3.05) is 36.9 Å². The lowest BCUT2D eigenvalue weighted by Gasteiger charge is -2.26. The number of hydrogen-bond acceptors (Lipinski definition) is 6. The summed E-state index contributed by atoms with van der Waals surface area (Å²) in [6.45, 7) is 18.7. The summed E-state index contributed by atoms with van der Waals surface area (Å²) in [5.41, 5.74) is 3.71. The van der Waals surface area contributed by atoms with Crippen molar-refractivity contribution >= 4 is 23.2 Å². The maximum atomic E-state index is 11.7. The Morgan fingerprint density at radius 2 is 1.44 bits per heavy atom. The van der Waals surface area contributed by atoms with Gasteiger partial charge in [-0.3, -0.25) is 9.59 Å². The molecule has 0 heterocycles. The lowest BCUT2D eigenvalue weighted by atomic mass is 9.93. The number of carbonyl (C=O) groups is 2. The molecule has 248 valence electrons. The summed E-state index contributed by atoms with van der Waals surface area (Å²) in [5, 5.41) is 12.6. The molecule has 1 saturated carbocycles. The number of nitrogens with one attached hydrogen (secondary N) is 4. The molecule has 1 fully saturated rings. The fraction of sp³-hybridized carbons (Fsp3) is 0.514. The molecular formula is C37H56N4O4. The maximum Gasteiger partial charge on any atom is 0.224 e. The van der Waals surface area contributed by atoms with Gasteiger partial charge in [0.15, 0.2) is 0 Å². The normalized spacial score (nSPS) is 12.4. The molecule has 0 unspecified atom stereocenters. The minimum Gasteiger partial charge on any atom is -0.493 e. The highest BCUT2D eigenvalue weighted by Crippen LogP contribution is 2.25.